The Hall–Kier alpha value is -2.30. The molecule has 1 aromatic heterocycles. The zero-order valence-electron chi connectivity index (χ0n) is 10.3. The van der Waals surface area contributed by atoms with E-state index < -0.39 is 0 Å². The molecule has 5 nitrogen and oxygen atoms in total. The van der Waals surface area contributed by atoms with Crippen LogP contribution in [0.15, 0.2) is 36.4 Å². The van der Waals surface area contributed by atoms with Gasteiger partial charge in [-0.2, -0.15) is 9.97 Å². The molecule has 1 heterocycles. The van der Waals surface area contributed by atoms with Crippen molar-refractivity contribution < 1.29 is 4.74 Å². The number of hydrogen-bond acceptors (Lipinski definition) is 5. The standard InChI is InChI=1S/C13H16N4O/c1-2-18-12-8-11(16-13(14)17-12)15-9-10-6-4-3-5-7-10/h3-8H,2,9H2,1H3,(H3,14,15,16,17). The van der Waals surface area contributed by atoms with Gasteiger partial charge in [0.15, 0.2) is 0 Å². The lowest BCUT2D eigenvalue weighted by atomic mass is 10.2. The molecule has 0 saturated heterocycles. The van der Waals surface area contributed by atoms with Gasteiger partial charge in [0.2, 0.25) is 11.8 Å². The number of nitrogens with zero attached hydrogens (tertiary/aromatic N) is 2. The monoisotopic (exact) mass is 244 g/mol. The second kappa shape index (κ2) is 5.86. The molecule has 0 aliphatic heterocycles. The minimum atomic E-state index is 0.205. The molecule has 3 N–H and O–H groups in total. The van der Waals surface area contributed by atoms with Crippen molar-refractivity contribution in [3.05, 3.63) is 42.0 Å². The Kier molecular flexibility index (Phi) is 3.96. The van der Waals surface area contributed by atoms with Crippen LogP contribution in [0.5, 0.6) is 5.88 Å². The molecule has 0 bridgehead atoms. The van der Waals surface area contributed by atoms with Crippen molar-refractivity contribution >= 4 is 11.8 Å². The number of benzene rings is 1. The Morgan fingerprint density at radius 1 is 1.22 bits per heavy atom. The van der Waals surface area contributed by atoms with Crippen molar-refractivity contribution in [2.75, 3.05) is 17.7 Å². The molecular weight excluding hydrogens is 228 g/mol. The van der Waals surface area contributed by atoms with Crippen molar-refractivity contribution in [1.29, 1.82) is 0 Å². The molecule has 94 valence electrons. The van der Waals surface area contributed by atoms with Crippen molar-refractivity contribution in [1.82, 2.24) is 9.97 Å². The van der Waals surface area contributed by atoms with Gasteiger partial charge in [0.05, 0.1) is 6.61 Å². The summed E-state index contributed by atoms with van der Waals surface area (Å²) in [5.74, 6) is 1.35. The van der Waals surface area contributed by atoms with Crippen molar-refractivity contribution in [2.24, 2.45) is 0 Å². The molecule has 0 spiro atoms. The van der Waals surface area contributed by atoms with Crippen LogP contribution in [0.3, 0.4) is 0 Å². The van der Waals surface area contributed by atoms with Crippen LogP contribution in [0.2, 0.25) is 0 Å². The maximum atomic E-state index is 5.62. The third kappa shape index (κ3) is 3.35. The first kappa shape index (κ1) is 12.2. The second-order valence-corrected chi connectivity index (χ2v) is 3.72. The van der Waals surface area contributed by atoms with E-state index >= 15 is 0 Å². The lowest BCUT2D eigenvalue weighted by molar-refractivity contribution is 0.327. The molecule has 0 amide bonds. The fraction of sp³-hybridized carbons (Fsp3) is 0.231. The maximum Gasteiger partial charge on any atom is 0.225 e. The van der Waals surface area contributed by atoms with Gasteiger partial charge in [-0.05, 0) is 12.5 Å². The van der Waals surface area contributed by atoms with E-state index in [4.69, 9.17) is 10.5 Å². The summed E-state index contributed by atoms with van der Waals surface area (Å²) in [6, 6.07) is 11.8. The summed E-state index contributed by atoms with van der Waals surface area (Å²) >= 11 is 0. The Balaban J connectivity index is 2.05. The van der Waals surface area contributed by atoms with E-state index in [-0.39, 0.29) is 5.95 Å². The number of aromatic nitrogens is 2. The van der Waals surface area contributed by atoms with E-state index in [1.807, 2.05) is 37.3 Å². The highest BCUT2D eigenvalue weighted by Gasteiger charge is 2.02. The Morgan fingerprint density at radius 3 is 2.72 bits per heavy atom. The Bertz CT molecular complexity index is 502. The van der Waals surface area contributed by atoms with Gasteiger partial charge >= 0.3 is 0 Å². The van der Waals surface area contributed by atoms with Crippen LogP contribution in [-0.2, 0) is 6.54 Å². The fourth-order valence-electron chi connectivity index (χ4n) is 1.54. The average Bonchev–Trinajstić information content (AvgIpc) is 2.37. The molecule has 2 rings (SSSR count). The average molecular weight is 244 g/mol. The maximum absolute atomic E-state index is 5.62. The van der Waals surface area contributed by atoms with Gasteiger partial charge in [-0.15, -0.1) is 0 Å². The summed E-state index contributed by atoms with van der Waals surface area (Å²) in [6.07, 6.45) is 0. The van der Waals surface area contributed by atoms with Gasteiger partial charge in [-0.3, -0.25) is 0 Å². The summed E-state index contributed by atoms with van der Waals surface area (Å²) in [6.45, 7) is 3.13. The predicted molar refractivity (Wildman–Crippen MR) is 71.4 cm³/mol. The highest BCUT2D eigenvalue weighted by Crippen LogP contribution is 2.15. The fourth-order valence-corrected chi connectivity index (χ4v) is 1.54. The van der Waals surface area contributed by atoms with E-state index in [1.54, 1.807) is 6.07 Å². The van der Waals surface area contributed by atoms with Gasteiger partial charge in [0.25, 0.3) is 0 Å². The van der Waals surface area contributed by atoms with E-state index in [9.17, 15) is 0 Å². The number of nitrogens with two attached hydrogens (primary N) is 1. The second-order valence-electron chi connectivity index (χ2n) is 3.72. The third-order valence-electron chi connectivity index (χ3n) is 2.33. The van der Waals surface area contributed by atoms with Crippen LogP contribution in [-0.4, -0.2) is 16.6 Å². The largest absolute Gasteiger partial charge is 0.478 e. The minimum absolute atomic E-state index is 0.205. The lowest BCUT2D eigenvalue weighted by Crippen LogP contribution is -2.06. The van der Waals surface area contributed by atoms with E-state index in [0.717, 1.165) is 0 Å². The van der Waals surface area contributed by atoms with E-state index in [2.05, 4.69) is 15.3 Å². The summed E-state index contributed by atoms with van der Waals surface area (Å²) in [5, 5.41) is 3.19. The first-order valence-electron chi connectivity index (χ1n) is 5.83. The molecule has 0 atom stereocenters. The number of anilines is 2. The Labute approximate surface area is 106 Å². The normalized spacial score (nSPS) is 10.1. The summed E-state index contributed by atoms with van der Waals surface area (Å²) < 4.78 is 5.31. The van der Waals surface area contributed by atoms with Gasteiger partial charge in [0, 0.05) is 12.6 Å². The van der Waals surface area contributed by atoms with Crippen LogP contribution in [0.25, 0.3) is 0 Å². The van der Waals surface area contributed by atoms with Gasteiger partial charge in [-0.25, -0.2) is 0 Å². The molecule has 0 saturated carbocycles. The van der Waals surface area contributed by atoms with E-state index in [1.165, 1.54) is 5.56 Å². The lowest BCUT2D eigenvalue weighted by Gasteiger charge is -2.08. The van der Waals surface area contributed by atoms with Crippen molar-refractivity contribution in [3.8, 4) is 5.88 Å². The van der Waals surface area contributed by atoms with E-state index in [0.29, 0.717) is 24.8 Å². The van der Waals surface area contributed by atoms with Crippen molar-refractivity contribution in [2.45, 2.75) is 13.5 Å². The molecule has 0 unspecified atom stereocenters. The molecule has 5 heteroatoms. The SMILES string of the molecule is CCOc1cc(NCc2ccccc2)nc(N)n1. The van der Waals surface area contributed by atoms with Crippen LogP contribution in [0.4, 0.5) is 11.8 Å². The summed E-state index contributed by atoms with van der Waals surface area (Å²) in [7, 11) is 0. The first-order chi connectivity index (χ1) is 8.78. The molecule has 0 radical (unpaired) electrons. The third-order valence-corrected chi connectivity index (χ3v) is 2.33. The minimum Gasteiger partial charge on any atom is -0.478 e. The Morgan fingerprint density at radius 2 is 2.00 bits per heavy atom. The van der Waals surface area contributed by atoms with Crippen LogP contribution >= 0.6 is 0 Å². The number of nitrogens with one attached hydrogen (secondary N) is 1. The summed E-state index contributed by atoms with van der Waals surface area (Å²) in [4.78, 5) is 8.09. The van der Waals surface area contributed by atoms with Crippen molar-refractivity contribution in [3.63, 3.8) is 0 Å². The van der Waals surface area contributed by atoms with Crippen LogP contribution in [0, 0.1) is 0 Å². The number of nitrogen functional groups attached to an aromatic ring is 1. The molecule has 0 aliphatic rings. The number of hydrogen-bond donors (Lipinski definition) is 2. The molecule has 0 fully saturated rings. The predicted octanol–water partition coefficient (Wildman–Crippen LogP) is 2.07. The molecule has 0 aliphatic carbocycles. The molecule has 2 aromatic rings. The van der Waals surface area contributed by atoms with Crippen LogP contribution in [0.1, 0.15) is 12.5 Å². The van der Waals surface area contributed by atoms with Crippen LogP contribution < -0.4 is 15.8 Å². The highest BCUT2D eigenvalue weighted by molar-refractivity contribution is 5.43. The molecule has 1 aromatic carbocycles. The van der Waals surface area contributed by atoms with Gasteiger partial charge < -0.3 is 15.8 Å². The first-order valence-corrected chi connectivity index (χ1v) is 5.83. The zero-order chi connectivity index (χ0) is 12.8. The van der Waals surface area contributed by atoms with Gasteiger partial charge in [0.1, 0.15) is 5.82 Å². The van der Waals surface area contributed by atoms with Gasteiger partial charge in [-0.1, -0.05) is 30.3 Å². The number of rotatable bonds is 5. The quantitative estimate of drug-likeness (QED) is 0.842. The highest BCUT2D eigenvalue weighted by atomic mass is 16.5. The molecular formula is C13H16N4O. The summed E-state index contributed by atoms with van der Waals surface area (Å²) in [5.41, 5.74) is 6.79. The smallest absolute Gasteiger partial charge is 0.225 e. The molecule has 18 heavy (non-hydrogen) atoms. The zero-order valence-corrected chi connectivity index (χ0v) is 10.3. The topological polar surface area (TPSA) is 73.1 Å². The number of ether oxygens (including phenoxy) is 1.